The van der Waals surface area contributed by atoms with Gasteiger partial charge in [0.15, 0.2) is 0 Å². The average Bonchev–Trinajstić information content (AvgIpc) is 0.866. The highest BCUT2D eigenvalue weighted by atomic mass is 16.5. The number of carbonyl (C=O) groups is 11. The minimum absolute atomic E-state index is 0.00567. The summed E-state index contributed by atoms with van der Waals surface area (Å²) in [6, 6.07) is -6.79. The normalized spacial score (nSPS) is 12.4. The maximum atomic E-state index is 14.1. The summed E-state index contributed by atoms with van der Waals surface area (Å²) in [4.78, 5) is 281. The zero-order valence-corrected chi connectivity index (χ0v) is 59.6. The van der Waals surface area contributed by atoms with Gasteiger partial charge in [0.05, 0.1) is 6.61 Å². The molecule has 0 fully saturated rings. The SMILES string of the molecule is CCOC(=O)CNC(=O)[C@@H](CCCNC(=O)[C@@H](CCCNC(=O)[C@@H](CCCNC(=O)[C@@H](CCCNC(=O)[C@@H](CCCN)NC(=O)Cn1cc(C)c(=O)[nH]c1=O)NC(=O)Cn1cc(C)c(=O)[nH]c1=O)NC(=O)Cn1cc(C)c(=O)[nH]c1=O)NC(=O)Cn1cc(C)c(=O)[nH]c1=O)NC(=O)Cn1cc(C)c(=O)[nH]c1=O. The Morgan fingerprint density at radius 1 is 0.346 bits per heavy atom. The number of aromatic amines is 5. The van der Waals surface area contributed by atoms with Crippen molar-refractivity contribution in [2.24, 2.45) is 5.73 Å². The number of amides is 10. The van der Waals surface area contributed by atoms with Gasteiger partial charge < -0.3 is 63.6 Å². The zero-order chi connectivity index (χ0) is 79.2. The molecule has 5 rings (SSSR count). The van der Waals surface area contributed by atoms with Crippen LogP contribution >= 0.6 is 0 Å². The highest BCUT2D eigenvalue weighted by Gasteiger charge is 2.28. The van der Waals surface area contributed by atoms with E-state index in [9.17, 15) is 101 Å². The number of aromatic nitrogens is 10. The van der Waals surface area contributed by atoms with Crippen LogP contribution in [0.3, 0.4) is 0 Å². The molecule has 43 heteroatoms. The second-order valence-electron chi connectivity index (χ2n) is 24.8. The van der Waals surface area contributed by atoms with Crippen molar-refractivity contribution >= 4 is 65.0 Å². The second kappa shape index (κ2) is 41.7. The summed E-state index contributed by atoms with van der Waals surface area (Å²) in [6.45, 7) is 3.91. The van der Waals surface area contributed by atoms with E-state index in [0.717, 1.165) is 47.6 Å². The van der Waals surface area contributed by atoms with Crippen molar-refractivity contribution < 1.29 is 57.5 Å². The molecule has 0 spiro atoms. The van der Waals surface area contributed by atoms with Crippen LogP contribution < -0.4 is 115 Å². The van der Waals surface area contributed by atoms with E-state index in [4.69, 9.17) is 10.5 Å². The number of hydrogen-bond acceptors (Lipinski definition) is 23. The molecule has 0 saturated carbocycles. The van der Waals surface area contributed by atoms with Crippen LogP contribution in [0.5, 0.6) is 0 Å². The molecule has 5 aromatic heterocycles. The fourth-order valence-electron chi connectivity index (χ4n) is 10.4. The van der Waals surface area contributed by atoms with Crippen molar-refractivity contribution in [2.75, 3.05) is 45.9 Å². The van der Waals surface area contributed by atoms with Gasteiger partial charge in [0.1, 0.15) is 69.5 Å². The molecule has 10 amide bonds. The van der Waals surface area contributed by atoms with Gasteiger partial charge in [-0.3, -0.25) is 124 Å². The summed E-state index contributed by atoms with van der Waals surface area (Å²) in [6.07, 6.45) is 4.92. The van der Waals surface area contributed by atoms with Crippen LogP contribution in [0, 0.1) is 34.6 Å². The number of nitrogens with one attached hydrogen (secondary N) is 15. The maximum Gasteiger partial charge on any atom is 0.328 e. The van der Waals surface area contributed by atoms with Crippen molar-refractivity contribution in [3.63, 3.8) is 0 Å². The molecule has 5 heterocycles. The predicted octanol–water partition coefficient (Wildman–Crippen LogP) is -9.29. The minimum Gasteiger partial charge on any atom is -0.465 e. The van der Waals surface area contributed by atoms with Crippen molar-refractivity contribution in [2.45, 2.75) is 169 Å². The topological polar surface area (TPSA) is 618 Å². The lowest BCUT2D eigenvalue weighted by Crippen LogP contribution is -2.51. The molecule has 0 saturated heterocycles. The van der Waals surface area contributed by atoms with Gasteiger partial charge in [-0.05, 0) is 112 Å². The summed E-state index contributed by atoms with van der Waals surface area (Å²) < 4.78 is 9.33. The average molecular weight is 1500 g/mol. The van der Waals surface area contributed by atoms with Crippen LogP contribution in [0.2, 0.25) is 0 Å². The molecule has 0 radical (unpaired) electrons. The largest absolute Gasteiger partial charge is 0.465 e. The van der Waals surface area contributed by atoms with Gasteiger partial charge in [0, 0.05) is 85.0 Å². The highest BCUT2D eigenvalue weighted by molar-refractivity contribution is 5.91. The van der Waals surface area contributed by atoms with E-state index in [1.54, 1.807) is 0 Å². The van der Waals surface area contributed by atoms with E-state index in [2.05, 4.69) is 78.1 Å². The number of nitrogens with two attached hydrogens (primary N) is 1. The van der Waals surface area contributed by atoms with Crippen LogP contribution in [0.1, 0.15) is 98.9 Å². The molecule has 107 heavy (non-hydrogen) atoms. The lowest BCUT2D eigenvalue weighted by atomic mass is 10.1. The second-order valence-corrected chi connectivity index (χ2v) is 24.8. The monoisotopic (exact) mass is 1500 g/mol. The first-order valence-electron chi connectivity index (χ1n) is 33.9. The molecule has 0 aliphatic rings. The molecule has 43 nitrogen and oxygen atoms in total. The third kappa shape index (κ3) is 27.9. The summed E-state index contributed by atoms with van der Waals surface area (Å²) >= 11 is 0. The van der Waals surface area contributed by atoms with E-state index in [-0.39, 0.29) is 131 Å². The van der Waals surface area contributed by atoms with E-state index in [1.807, 2.05) is 0 Å². The molecule has 17 N–H and O–H groups in total. The Morgan fingerprint density at radius 3 is 0.757 bits per heavy atom. The predicted molar refractivity (Wildman–Crippen MR) is 377 cm³/mol. The molecule has 5 atom stereocenters. The molecule has 0 aliphatic carbocycles. The number of esters is 1. The van der Waals surface area contributed by atoms with Crippen molar-refractivity contribution in [3.8, 4) is 0 Å². The maximum absolute atomic E-state index is 14.1. The van der Waals surface area contributed by atoms with Gasteiger partial charge in [0.2, 0.25) is 59.1 Å². The molecule has 0 unspecified atom stereocenters. The summed E-state index contributed by atoms with van der Waals surface area (Å²) in [5.41, 5.74) is -1.93. The van der Waals surface area contributed by atoms with Gasteiger partial charge >= 0.3 is 34.4 Å². The quantitative estimate of drug-likeness (QED) is 0.0127. The van der Waals surface area contributed by atoms with Crippen LogP contribution in [-0.2, 0) is 90.2 Å². The number of ether oxygens (including phenoxy) is 1. The number of H-pyrrole nitrogens is 5. The first-order chi connectivity index (χ1) is 50.7. The van der Waals surface area contributed by atoms with Gasteiger partial charge in [-0.2, -0.15) is 0 Å². The Balaban J connectivity index is 1.30. The van der Waals surface area contributed by atoms with E-state index in [0.29, 0.717) is 0 Å². The molecule has 5 aromatic rings. The molecule has 0 bridgehead atoms. The molecular formula is C64H89N21O22. The van der Waals surface area contributed by atoms with Crippen LogP contribution in [0.25, 0.3) is 0 Å². The number of rotatable bonds is 42. The van der Waals surface area contributed by atoms with Crippen molar-refractivity contribution in [1.82, 2.24) is 101 Å². The Morgan fingerprint density at radius 2 is 0.551 bits per heavy atom. The number of hydrogen-bond donors (Lipinski definition) is 16. The standard InChI is InChI=1S/C64H89N21O22/c1-7-107-49(91)23-70-59(101)43(75-48(90)33-85-28-38(6)54(96)80-64(85)106)17-12-22-69-58(100)42(74-47(89)32-84-27-37(5)53(95)79-63(84)105)16-11-21-68-57(99)41(73-46(88)31-83-26-36(4)52(94)78-62(83)104)15-10-20-67-56(98)40(72-45(87)30-82-25-35(3)51(93)77-61(82)103)14-9-19-66-55(97)39(13-8-18-65)71-44(86)29-81-24-34(2)50(92)76-60(81)102/h24-28,39-43H,7-23,29-33,65H2,1-6H3,(H,66,97)(H,67,98)(H,68,99)(H,69,100)(H,70,101)(H,71,86)(H,72,87)(H,73,88)(H,74,89)(H,75,90)(H,76,92,102)(H,77,93,103)(H,78,94,104)(H,79,95,105)(H,80,96,106)/t39-,40-,41-,42-,43-/m1/s1. The first kappa shape index (κ1) is 85.2. The third-order valence-electron chi connectivity index (χ3n) is 16.1. The van der Waals surface area contributed by atoms with E-state index < -0.39 is 191 Å². The fraction of sp³-hybridized carbons (Fsp3) is 0.516. The van der Waals surface area contributed by atoms with Crippen LogP contribution in [0.15, 0.2) is 78.9 Å². The minimum atomic E-state index is -1.44. The Labute approximate surface area is 604 Å². The van der Waals surface area contributed by atoms with Gasteiger partial charge in [-0.25, -0.2) is 24.0 Å². The van der Waals surface area contributed by atoms with E-state index in [1.165, 1.54) is 47.7 Å². The van der Waals surface area contributed by atoms with Crippen molar-refractivity contribution in [1.29, 1.82) is 0 Å². The lowest BCUT2D eigenvalue weighted by molar-refractivity contribution is -0.143. The number of carbonyl (C=O) groups excluding carboxylic acids is 11. The van der Waals surface area contributed by atoms with E-state index >= 15 is 0 Å². The van der Waals surface area contributed by atoms with Gasteiger partial charge in [0.25, 0.3) is 27.8 Å². The Bertz CT molecular complexity index is 4720. The number of nitrogens with zero attached hydrogens (tertiary/aromatic N) is 5. The lowest BCUT2D eigenvalue weighted by Gasteiger charge is -2.22. The number of aryl methyl sites for hydroxylation is 5. The van der Waals surface area contributed by atoms with Crippen LogP contribution in [-0.4, -0.2) is 189 Å². The Hall–Kier alpha value is -12.5. The summed E-state index contributed by atoms with van der Waals surface area (Å²) in [5.74, 6) is -9.08. The Kier molecular flexibility index (Phi) is 33.2. The zero-order valence-electron chi connectivity index (χ0n) is 59.6. The fourth-order valence-corrected chi connectivity index (χ4v) is 10.4. The summed E-state index contributed by atoms with van der Waals surface area (Å²) in [5, 5.41) is 25.5. The summed E-state index contributed by atoms with van der Waals surface area (Å²) in [7, 11) is 0. The molecular weight excluding hydrogens is 1410 g/mol. The van der Waals surface area contributed by atoms with Crippen molar-refractivity contribution in [3.05, 3.63) is 163 Å². The first-order valence-corrected chi connectivity index (χ1v) is 33.9. The highest BCUT2D eigenvalue weighted by Crippen LogP contribution is 2.07. The molecule has 0 aromatic carbocycles. The molecule has 582 valence electrons. The molecule has 0 aliphatic heterocycles. The third-order valence-corrected chi connectivity index (χ3v) is 16.1. The van der Waals surface area contributed by atoms with Crippen LogP contribution in [0.4, 0.5) is 0 Å². The van der Waals surface area contributed by atoms with Gasteiger partial charge in [-0.15, -0.1) is 0 Å². The van der Waals surface area contributed by atoms with Gasteiger partial charge in [-0.1, -0.05) is 0 Å². The smallest absolute Gasteiger partial charge is 0.328 e.